The zero-order chi connectivity index (χ0) is 26.4. The molecule has 0 spiro atoms. The largest absolute Gasteiger partial charge is 0.385 e. The van der Waals surface area contributed by atoms with Gasteiger partial charge in [-0.3, -0.25) is 4.79 Å². The van der Waals surface area contributed by atoms with Gasteiger partial charge >= 0.3 is 0 Å². The van der Waals surface area contributed by atoms with Crippen LogP contribution < -0.4 is 10.5 Å². The Balaban J connectivity index is 1.38. The molecule has 2 atom stereocenters. The number of benzene rings is 2. The van der Waals surface area contributed by atoms with Crippen LogP contribution in [0.1, 0.15) is 37.4 Å². The molecule has 2 heterocycles. The molecule has 3 aromatic rings. The molecule has 1 aliphatic rings. The number of aromatic nitrogens is 2. The maximum Gasteiger partial charge on any atom is 0.240 e. The molecule has 1 saturated heterocycles. The molecule has 1 aromatic heterocycles. The van der Waals surface area contributed by atoms with Gasteiger partial charge in [-0.25, -0.2) is 18.1 Å². The first-order valence-electron chi connectivity index (χ1n) is 12.5. The average molecular weight is 548 g/mol. The first kappa shape index (κ1) is 27.5. The number of nitrogens with two attached hydrogens (primary N) is 1. The second-order valence-corrected chi connectivity index (χ2v) is 11.6. The van der Waals surface area contributed by atoms with Gasteiger partial charge < -0.3 is 19.9 Å². The summed E-state index contributed by atoms with van der Waals surface area (Å²) in [5.74, 6) is 1.03. The second-order valence-electron chi connectivity index (χ2n) is 9.41. The quantitative estimate of drug-likeness (QED) is 0.356. The summed E-state index contributed by atoms with van der Waals surface area (Å²) in [7, 11) is -2.07. The molecule has 0 radical (unpaired) electrons. The highest BCUT2D eigenvalue weighted by Gasteiger charge is 2.29. The van der Waals surface area contributed by atoms with Gasteiger partial charge in [0.1, 0.15) is 5.82 Å². The molecule has 0 bridgehead atoms. The van der Waals surface area contributed by atoms with Gasteiger partial charge in [-0.05, 0) is 49.6 Å². The van der Waals surface area contributed by atoms with Crippen LogP contribution in [0.15, 0.2) is 53.4 Å². The van der Waals surface area contributed by atoms with E-state index in [1.54, 1.807) is 19.2 Å². The molecule has 3 N–H and O–H groups in total. The third kappa shape index (κ3) is 6.88. The number of fused-ring (bicyclic) bond motifs is 1. The normalized spacial score (nSPS) is 17.3. The number of methoxy groups -OCH3 is 1. The summed E-state index contributed by atoms with van der Waals surface area (Å²) in [5, 5.41) is 0.328. The van der Waals surface area contributed by atoms with Gasteiger partial charge in [0.05, 0.1) is 15.9 Å². The van der Waals surface area contributed by atoms with Crippen molar-refractivity contribution in [2.45, 2.75) is 49.1 Å². The first-order chi connectivity index (χ1) is 17.8. The van der Waals surface area contributed by atoms with Crippen molar-refractivity contribution < 1.29 is 17.9 Å². The van der Waals surface area contributed by atoms with Crippen molar-refractivity contribution in [2.24, 2.45) is 5.73 Å². The number of imidazole rings is 1. The lowest BCUT2D eigenvalue weighted by atomic mass is 9.96. The minimum absolute atomic E-state index is 0.0485. The Kier molecular flexibility index (Phi) is 9.20. The molecule has 1 fully saturated rings. The molecule has 9 nitrogen and oxygen atoms in total. The number of piperidine rings is 1. The minimum Gasteiger partial charge on any atom is -0.385 e. The summed E-state index contributed by atoms with van der Waals surface area (Å²) in [4.78, 5) is 19.9. The van der Waals surface area contributed by atoms with Crippen molar-refractivity contribution in [3.8, 4) is 0 Å². The van der Waals surface area contributed by atoms with Crippen LogP contribution in [0.5, 0.6) is 0 Å². The summed E-state index contributed by atoms with van der Waals surface area (Å²) < 4.78 is 35.1. The number of nitrogens with one attached hydrogen (secondary N) is 1. The van der Waals surface area contributed by atoms with E-state index in [1.807, 2.05) is 23.1 Å². The number of hydrogen-bond donors (Lipinski definition) is 2. The molecule has 1 amide bonds. The van der Waals surface area contributed by atoms with Crippen LogP contribution in [0.3, 0.4) is 0 Å². The summed E-state index contributed by atoms with van der Waals surface area (Å²) in [6, 6.07) is 13.4. The number of nitrogens with zero attached hydrogens (tertiary/aromatic N) is 3. The molecule has 200 valence electrons. The monoisotopic (exact) mass is 547 g/mol. The van der Waals surface area contributed by atoms with Gasteiger partial charge in [0.25, 0.3) is 0 Å². The van der Waals surface area contributed by atoms with E-state index in [1.165, 1.54) is 12.1 Å². The smallest absolute Gasteiger partial charge is 0.240 e. The van der Waals surface area contributed by atoms with E-state index in [-0.39, 0.29) is 29.7 Å². The molecule has 4 rings (SSSR count). The molecule has 0 aliphatic carbocycles. The number of halogens is 1. The number of carbonyl (C=O) groups is 1. The second kappa shape index (κ2) is 12.4. The fourth-order valence-electron chi connectivity index (χ4n) is 4.78. The number of amides is 1. The molecule has 2 aromatic carbocycles. The fraction of sp³-hybridized carbons (Fsp3) is 0.462. The SMILES string of the molecule is COCCCn1c([C@@H]2CCCN(C(=O)C[C@H](N)CNS(=O)(=O)c3cccc(Cl)c3)C2)nc2ccccc21. The Morgan fingerprint density at radius 1 is 1.27 bits per heavy atom. The third-order valence-electron chi connectivity index (χ3n) is 6.63. The zero-order valence-electron chi connectivity index (χ0n) is 21.0. The molecular formula is C26H34ClN5O4S. The van der Waals surface area contributed by atoms with E-state index in [0.29, 0.717) is 24.7 Å². The standard InChI is InChI=1S/C26H34ClN5O4S/c1-36-14-6-13-32-24-11-3-2-10-23(24)30-26(32)19-7-5-12-31(18-19)25(33)16-21(28)17-29-37(34,35)22-9-4-8-20(27)15-22/h2-4,8-11,15,19,21,29H,5-7,12-14,16-18,28H2,1H3/t19-,21+/m1/s1. The summed E-state index contributed by atoms with van der Waals surface area (Å²) >= 11 is 5.91. The van der Waals surface area contributed by atoms with E-state index in [2.05, 4.69) is 15.4 Å². The number of carbonyl (C=O) groups excluding carboxylic acids is 1. The number of aryl methyl sites for hydroxylation is 1. The lowest BCUT2D eigenvalue weighted by Crippen LogP contribution is -2.45. The molecular weight excluding hydrogens is 514 g/mol. The Morgan fingerprint density at radius 2 is 2.08 bits per heavy atom. The number of rotatable bonds is 11. The van der Waals surface area contributed by atoms with E-state index < -0.39 is 16.1 Å². The molecule has 0 saturated carbocycles. The van der Waals surface area contributed by atoms with Crippen molar-refractivity contribution in [3.05, 3.63) is 59.4 Å². The van der Waals surface area contributed by atoms with E-state index in [0.717, 1.165) is 42.7 Å². The number of para-hydroxylation sites is 2. The van der Waals surface area contributed by atoms with Crippen LogP contribution in [0.2, 0.25) is 5.02 Å². The highest BCUT2D eigenvalue weighted by atomic mass is 35.5. The lowest BCUT2D eigenvalue weighted by molar-refractivity contribution is -0.132. The van der Waals surface area contributed by atoms with Crippen molar-refractivity contribution in [3.63, 3.8) is 0 Å². The van der Waals surface area contributed by atoms with Gasteiger partial charge in [0.15, 0.2) is 0 Å². The predicted molar refractivity (Wildman–Crippen MR) is 144 cm³/mol. The van der Waals surface area contributed by atoms with Crippen LogP contribution in [-0.4, -0.2) is 68.2 Å². The first-order valence-corrected chi connectivity index (χ1v) is 14.4. The Labute approximate surface area is 223 Å². The Morgan fingerprint density at radius 3 is 2.86 bits per heavy atom. The molecule has 0 unspecified atom stereocenters. The zero-order valence-corrected chi connectivity index (χ0v) is 22.5. The van der Waals surface area contributed by atoms with E-state index in [9.17, 15) is 13.2 Å². The topological polar surface area (TPSA) is 120 Å². The average Bonchev–Trinajstić information content (AvgIpc) is 3.26. The van der Waals surface area contributed by atoms with Crippen LogP contribution in [-0.2, 0) is 26.1 Å². The van der Waals surface area contributed by atoms with E-state index in [4.69, 9.17) is 27.1 Å². The van der Waals surface area contributed by atoms with Crippen LogP contribution >= 0.6 is 11.6 Å². The number of likely N-dealkylation sites (tertiary alicyclic amines) is 1. The molecule has 11 heteroatoms. The third-order valence-corrected chi connectivity index (χ3v) is 8.29. The fourth-order valence-corrected chi connectivity index (χ4v) is 6.18. The van der Waals surface area contributed by atoms with Crippen molar-refractivity contribution in [1.29, 1.82) is 0 Å². The lowest BCUT2D eigenvalue weighted by Gasteiger charge is -2.33. The molecule has 37 heavy (non-hydrogen) atoms. The van der Waals surface area contributed by atoms with Gasteiger partial charge in [-0.1, -0.05) is 29.8 Å². The summed E-state index contributed by atoms with van der Waals surface area (Å²) in [5.41, 5.74) is 8.20. The minimum atomic E-state index is -3.77. The van der Waals surface area contributed by atoms with Crippen molar-refractivity contribution in [1.82, 2.24) is 19.2 Å². The van der Waals surface area contributed by atoms with Gasteiger partial charge in [-0.15, -0.1) is 0 Å². The van der Waals surface area contributed by atoms with Crippen molar-refractivity contribution >= 4 is 38.6 Å². The number of sulfonamides is 1. The van der Waals surface area contributed by atoms with Crippen molar-refractivity contribution in [2.75, 3.05) is 33.4 Å². The molecule has 1 aliphatic heterocycles. The van der Waals surface area contributed by atoms with Gasteiger partial charge in [-0.2, -0.15) is 0 Å². The van der Waals surface area contributed by atoms with E-state index >= 15 is 0 Å². The Hall–Kier alpha value is -2.50. The maximum absolute atomic E-state index is 13.1. The highest BCUT2D eigenvalue weighted by molar-refractivity contribution is 7.89. The van der Waals surface area contributed by atoms with Crippen LogP contribution in [0.4, 0.5) is 0 Å². The summed E-state index contributed by atoms with van der Waals surface area (Å²) in [6.07, 6.45) is 2.74. The van der Waals surface area contributed by atoms with Gasteiger partial charge in [0.2, 0.25) is 15.9 Å². The van der Waals surface area contributed by atoms with Gasteiger partial charge in [0, 0.05) is 63.3 Å². The van der Waals surface area contributed by atoms with Crippen LogP contribution in [0.25, 0.3) is 11.0 Å². The maximum atomic E-state index is 13.1. The number of hydrogen-bond acceptors (Lipinski definition) is 6. The highest BCUT2D eigenvalue weighted by Crippen LogP contribution is 2.30. The number of ether oxygens (including phenoxy) is 1. The Bertz CT molecular complexity index is 1330. The summed E-state index contributed by atoms with van der Waals surface area (Å²) in [6.45, 7) is 2.63. The van der Waals surface area contributed by atoms with Crippen LogP contribution in [0, 0.1) is 0 Å². The predicted octanol–water partition coefficient (Wildman–Crippen LogP) is 3.13.